The molecule has 0 aliphatic rings. The van der Waals surface area contributed by atoms with Crippen molar-refractivity contribution in [3.8, 4) is 0 Å². The van der Waals surface area contributed by atoms with Crippen LogP contribution in [0.15, 0.2) is 18.5 Å². The molecule has 0 radical (unpaired) electrons. The Morgan fingerprint density at radius 2 is 2.00 bits per heavy atom. The number of rotatable bonds is 0. The van der Waals surface area contributed by atoms with Crippen molar-refractivity contribution in [1.29, 1.82) is 0 Å². The molecule has 2 aromatic rings. The highest BCUT2D eigenvalue weighted by Crippen LogP contribution is 2.15. The third-order valence-corrected chi connectivity index (χ3v) is 1.85. The van der Waals surface area contributed by atoms with Crippen LogP contribution in [0.2, 0.25) is 0 Å². The third kappa shape index (κ3) is 1.69. The summed E-state index contributed by atoms with van der Waals surface area (Å²) >= 11 is 0. The summed E-state index contributed by atoms with van der Waals surface area (Å²) in [5.74, 6) is 0. The Bertz CT molecular complexity index is 354. The first-order chi connectivity index (χ1) is 6.29. The first kappa shape index (κ1) is 9.71. The lowest BCUT2D eigenvalue weighted by atomic mass is 10.3. The van der Waals surface area contributed by atoms with Crippen LogP contribution in [0.4, 0.5) is 0 Å². The van der Waals surface area contributed by atoms with Crippen LogP contribution in [0.5, 0.6) is 0 Å². The summed E-state index contributed by atoms with van der Waals surface area (Å²) < 4.78 is 1.98. The average Bonchev–Trinajstić information content (AvgIpc) is 2.47. The van der Waals surface area contributed by atoms with E-state index in [2.05, 4.69) is 23.3 Å². The van der Waals surface area contributed by atoms with Gasteiger partial charge in [0.15, 0.2) is 5.65 Å². The lowest BCUT2D eigenvalue weighted by Crippen LogP contribution is -1.88. The molecule has 2 aromatic heterocycles. The van der Waals surface area contributed by atoms with Crippen LogP contribution in [0, 0.1) is 6.92 Å². The van der Waals surface area contributed by atoms with Gasteiger partial charge in [-0.1, -0.05) is 13.8 Å². The van der Waals surface area contributed by atoms with Crippen LogP contribution in [-0.2, 0) is 7.05 Å². The molecule has 0 aromatic carbocycles. The minimum atomic E-state index is 0.949. The Hall–Kier alpha value is -1.38. The van der Waals surface area contributed by atoms with E-state index in [4.69, 9.17) is 0 Å². The Kier molecular flexibility index (Phi) is 3.01. The van der Waals surface area contributed by atoms with Crippen LogP contribution in [0.3, 0.4) is 0 Å². The molecule has 0 bridgehead atoms. The molecule has 3 heteroatoms. The van der Waals surface area contributed by atoms with Crippen LogP contribution >= 0.6 is 0 Å². The zero-order chi connectivity index (χ0) is 9.84. The zero-order valence-electron chi connectivity index (χ0n) is 8.57. The number of nitrogens with zero attached hydrogens (tertiary/aromatic N) is 3. The van der Waals surface area contributed by atoms with Crippen LogP contribution in [0.25, 0.3) is 11.0 Å². The quantitative estimate of drug-likeness (QED) is 0.618. The lowest BCUT2D eigenvalue weighted by molar-refractivity contribution is 0.915. The summed E-state index contributed by atoms with van der Waals surface area (Å²) in [4.78, 5) is 0. The Balaban J connectivity index is 0.000000396. The molecule has 0 N–H and O–H groups in total. The molecule has 70 valence electrons. The van der Waals surface area contributed by atoms with E-state index in [-0.39, 0.29) is 0 Å². The van der Waals surface area contributed by atoms with E-state index in [0.29, 0.717) is 0 Å². The molecular weight excluding hydrogens is 162 g/mol. The van der Waals surface area contributed by atoms with Crippen molar-refractivity contribution in [3.05, 3.63) is 24.0 Å². The minimum absolute atomic E-state index is 0.949. The molecule has 2 heterocycles. The first-order valence-electron chi connectivity index (χ1n) is 4.52. The summed E-state index contributed by atoms with van der Waals surface area (Å²) in [6.45, 7) is 6.07. The Labute approximate surface area is 78.4 Å². The van der Waals surface area contributed by atoms with Gasteiger partial charge in [-0.05, 0) is 18.6 Å². The highest BCUT2D eigenvalue weighted by atomic mass is 15.2. The molecule has 3 nitrogen and oxygen atoms in total. The summed E-state index contributed by atoms with van der Waals surface area (Å²) in [6.07, 6.45) is 3.77. The molecule has 0 amide bonds. The zero-order valence-corrected chi connectivity index (χ0v) is 8.57. The second kappa shape index (κ2) is 4.03. The molecular formula is C10H15N3. The van der Waals surface area contributed by atoms with Gasteiger partial charge in [0.05, 0.1) is 6.20 Å². The molecule has 0 aliphatic carbocycles. The first-order valence-corrected chi connectivity index (χ1v) is 4.52. The second-order valence-corrected chi connectivity index (χ2v) is 2.69. The molecule has 2 rings (SSSR count). The number of fused-ring (bicyclic) bond motifs is 1. The van der Waals surface area contributed by atoms with Crippen molar-refractivity contribution in [2.75, 3.05) is 0 Å². The van der Waals surface area contributed by atoms with E-state index in [0.717, 1.165) is 5.65 Å². The highest BCUT2D eigenvalue weighted by molar-refractivity contribution is 5.79. The second-order valence-electron chi connectivity index (χ2n) is 2.69. The predicted molar refractivity (Wildman–Crippen MR) is 54.6 cm³/mol. The molecule has 0 spiro atoms. The predicted octanol–water partition coefficient (Wildman–Crippen LogP) is 2.30. The highest BCUT2D eigenvalue weighted by Gasteiger charge is 2.01. The van der Waals surface area contributed by atoms with E-state index >= 15 is 0 Å². The van der Waals surface area contributed by atoms with E-state index in [9.17, 15) is 0 Å². The molecule has 0 unspecified atom stereocenters. The maximum Gasteiger partial charge on any atom is 0.162 e. The monoisotopic (exact) mass is 177 g/mol. The smallest absolute Gasteiger partial charge is 0.162 e. The summed E-state index contributed by atoms with van der Waals surface area (Å²) in [5.41, 5.74) is 2.20. The number of aryl methyl sites for hydroxylation is 2. The normalized spacial score (nSPS) is 9.54. The summed E-state index contributed by atoms with van der Waals surface area (Å²) in [7, 11) is 1.98. The van der Waals surface area contributed by atoms with Gasteiger partial charge in [0.1, 0.15) is 0 Å². The van der Waals surface area contributed by atoms with E-state index in [1.54, 1.807) is 6.20 Å². The van der Waals surface area contributed by atoms with Crippen molar-refractivity contribution >= 4 is 11.0 Å². The Morgan fingerprint density at radius 3 is 2.62 bits per heavy atom. The van der Waals surface area contributed by atoms with Crippen molar-refractivity contribution < 1.29 is 0 Å². The van der Waals surface area contributed by atoms with Crippen LogP contribution in [0.1, 0.15) is 19.4 Å². The topological polar surface area (TPSA) is 30.7 Å². The fourth-order valence-electron chi connectivity index (χ4n) is 1.31. The standard InChI is InChI=1S/C8H9N3.C2H6/c1-6-5-11(2)8-7(6)3-4-9-10-8;1-2/h3-5H,1-2H3;1-2H3. The molecule has 13 heavy (non-hydrogen) atoms. The lowest BCUT2D eigenvalue weighted by Gasteiger charge is -1.90. The van der Waals surface area contributed by atoms with E-state index in [1.165, 1.54) is 10.9 Å². The third-order valence-electron chi connectivity index (χ3n) is 1.85. The number of aromatic nitrogens is 3. The molecule has 0 fully saturated rings. The SMILES string of the molecule is CC.Cc1cn(C)c2nnccc12. The molecule has 0 atom stereocenters. The van der Waals surface area contributed by atoms with Crippen molar-refractivity contribution in [2.45, 2.75) is 20.8 Å². The molecule has 0 aliphatic heterocycles. The number of hydrogen-bond acceptors (Lipinski definition) is 2. The summed E-state index contributed by atoms with van der Waals surface area (Å²) in [5, 5.41) is 9.01. The van der Waals surface area contributed by atoms with Gasteiger partial charge < -0.3 is 4.57 Å². The fourth-order valence-corrected chi connectivity index (χ4v) is 1.31. The van der Waals surface area contributed by atoms with Gasteiger partial charge in [-0.15, -0.1) is 5.10 Å². The maximum absolute atomic E-state index is 4.01. The summed E-state index contributed by atoms with van der Waals surface area (Å²) in [6, 6.07) is 1.98. The maximum atomic E-state index is 4.01. The van der Waals surface area contributed by atoms with Crippen molar-refractivity contribution in [3.63, 3.8) is 0 Å². The molecule has 0 saturated heterocycles. The van der Waals surface area contributed by atoms with Gasteiger partial charge in [0, 0.05) is 18.6 Å². The Morgan fingerprint density at radius 1 is 1.31 bits per heavy atom. The minimum Gasteiger partial charge on any atom is -0.334 e. The van der Waals surface area contributed by atoms with Gasteiger partial charge in [0.2, 0.25) is 0 Å². The van der Waals surface area contributed by atoms with Gasteiger partial charge in [-0.2, -0.15) is 5.10 Å². The van der Waals surface area contributed by atoms with E-state index < -0.39 is 0 Å². The van der Waals surface area contributed by atoms with Crippen LogP contribution in [-0.4, -0.2) is 14.8 Å². The van der Waals surface area contributed by atoms with Crippen molar-refractivity contribution in [1.82, 2.24) is 14.8 Å². The van der Waals surface area contributed by atoms with Gasteiger partial charge in [-0.3, -0.25) is 0 Å². The fraction of sp³-hybridized carbons (Fsp3) is 0.400. The van der Waals surface area contributed by atoms with Gasteiger partial charge in [-0.25, -0.2) is 0 Å². The van der Waals surface area contributed by atoms with Gasteiger partial charge in [0.25, 0.3) is 0 Å². The van der Waals surface area contributed by atoms with Crippen LogP contribution < -0.4 is 0 Å². The molecule has 0 saturated carbocycles. The average molecular weight is 177 g/mol. The van der Waals surface area contributed by atoms with Crippen molar-refractivity contribution in [2.24, 2.45) is 7.05 Å². The largest absolute Gasteiger partial charge is 0.334 e. The number of hydrogen-bond donors (Lipinski definition) is 0. The van der Waals surface area contributed by atoms with E-state index in [1.807, 2.05) is 31.5 Å². The van der Waals surface area contributed by atoms with Gasteiger partial charge >= 0.3 is 0 Å².